The number of nitrogens with zero attached hydrogens (tertiary/aromatic N) is 4. The molecule has 0 saturated heterocycles. The number of hydrogen-bond donors (Lipinski definition) is 0. The summed E-state index contributed by atoms with van der Waals surface area (Å²) in [6, 6.07) is 10.9. The molecule has 1 aromatic carbocycles. The Hall–Kier alpha value is -3.68. The molecule has 0 N–H and O–H groups in total. The van der Waals surface area contributed by atoms with E-state index >= 15 is 0 Å². The zero-order valence-electron chi connectivity index (χ0n) is 17.5. The number of furan rings is 1. The Balaban J connectivity index is 1.53. The molecule has 1 atom stereocenters. The van der Waals surface area contributed by atoms with Crippen LogP contribution in [-0.2, 0) is 16.1 Å². The molecule has 0 saturated carbocycles. The van der Waals surface area contributed by atoms with Crippen molar-refractivity contribution in [2.45, 2.75) is 39.3 Å². The number of hydrogen-bond acceptors (Lipinski definition) is 6. The zero-order valence-corrected chi connectivity index (χ0v) is 17.5. The summed E-state index contributed by atoms with van der Waals surface area (Å²) in [7, 11) is 0. The van der Waals surface area contributed by atoms with Gasteiger partial charge < -0.3 is 18.6 Å². The first-order chi connectivity index (χ1) is 15.1. The lowest BCUT2D eigenvalue weighted by molar-refractivity contribution is -0.135. The van der Waals surface area contributed by atoms with Crippen LogP contribution in [0.5, 0.6) is 0 Å². The van der Waals surface area contributed by atoms with Crippen molar-refractivity contribution in [3.8, 4) is 11.7 Å². The van der Waals surface area contributed by atoms with E-state index in [0.29, 0.717) is 18.2 Å². The van der Waals surface area contributed by atoms with Gasteiger partial charge in [-0.2, -0.15) is 0 Å². The molecular formula is C23H24N4O4. The summed E-state index contributed by atoms with van der Waals surface area (Å²) in [5.74, 6) is 0.903. The van der Waals surface area contributed by atoms with Crippen molar-refractivity contribution in [1.29, 1.82) is 0 Å². The Morgan fingerprint density at radius 1 is 1.16 bits per heavy atom. The topological polar surface area (TPSA) is 92.7 Å². The summed E-state index contributed by atoms with van der Waals surface area (Å²) in [6.45, 7) is 4.25. The van der Waals surface area contributed by atoms with Gasteiger partial charge in [-0.15, -0.1) is 10.2 Å². The Labute approximate surface area is 180 Å². The lowest BCUT2D eigenvalue weighted by atomic mass is 9.93. The van der Waals surface area contributed by atoms with Crippen molar-refractivity contribution in [3.63, 3.8) is 0 Å². The molecule has 0 radical (unpaired) electrons. The standard InChI is InChI=1S/C23H24N4O4/c1-3-11-26(15-21-24-25-23(31-21)20-9-6-13-30-20)22(29)14-19-18-8-5-4-7-17(18)10-12-27(19)16(2)28/h4-10,12-13,19H,3,11,14-15H2,1-2H3. The number of fused-ring (bicyclic) bond motifs is 1. The van der Waals surface area contributed by atoms with Crippen molar-refractivity contribution >= 4 is 17.9 Å². The molecule has 8 nitrogen and oxygen atoms in total. The highest BCUT2D eigenvalue weighted by atomic mass is 16.4. The smallest absolute Gasteiger partial charge is 0.283 e. The molecule has 3 heterocycles. The second-order valence-electron chi connectivity index (χ2n) is 7.38. The molecule has 8 heteroatoms. The van der Waals surface area contributed by atoms with E-state index in [1.807, 2.05) is 37.3 Å². The van der Waals surface area contributed by atoms with Crippen molar-refractivity contribution in [1.82, 2.24) is 20.0 Å². The van der Waals surface area contributed by atoms with E-state index in [-0.39, 0.29) is 36.7 Å². The summed E-state index contributed by atoms with van der Waals surface area (Å²) >= 11 is 0. The minimum atomic E-state index is -0.355. The number of rotatable bonds is 7. The van der Waals surface area contributed by atoms with Crippen LogP contribution in [0.4, 0.5) is 0 Å². The highest BCUT2D eigenvalue weighted by Gasteiger charge is 2.30. The molecule has 3 aromatic rings. The molecular weight excluding hydrogens is 396 g/mol. The van der Waals surface area contributed by atoms with E-state index in [1.165, 1.54) is 13.2 Å². The summed E-state index contributed by atoms with van der Waals surface area (Å²) < 4.78 is 11.0. The average molecular weight is 420 g/mol. The molecule has 2 aromatic heterocycles. The van der Waals surface area contributed by atoms with Crippen molar-refractivity contribution in [2.24, 2.45) is 0 Å². The van der Waals surface area contributed by atoms with E-state index in [9.17, 15) is 9.59 Å². The average Bonchev–Trinajstić information content (AvgIpc) is 3.45. The van der Waals surface area contributed by atoms with Gasteiger partial charge in [0.1, 0.15) is 0 Å². The minimum Gasteiger partial charge on any atom is -0.459 e. The molecule has 1 unspecified atom stereocenters. The molecule has 31 heavy (non-hydrogen) atoms. The quantitative estimate of drug-likeness (QED) is 0.573. The van der Waals surface area contributed by atoms with Gasteiger partial charge in [-0.25, -0.2) is 0 Å². The number of aromatic nitrogens is 2. The lowest BCUT2D eigenvalue weighted by Crippen LogP contribution is -2.37. The highest BCUT2D eigenvalue weighted by Crippen LogP contribution is 2.33. The molecule has 160 valence electrons. The van der Waals surface area contributed by atoms with Gasteiger partial charge in [-0.3, -0.25) is 9.59 Å². The van der Waals surface area contributed by atoms with Crippen molar-refractivity contribution in [3.05, 3.63) is 65.9 Å². The van der Waals surface area contributed by atoms with Crippen LogP contribution in [-0.4, -0.2) is 38.4 Å². The van der Waals surface area contributed by atoms with Crippen LogP contribution in [0, 0.1) is 0 Å². The summed E-state index contributed by atoms with van der Waals surface area (Å²) in [4.78, 5) is 28.8. The van der Waals surface area contributed by atoms with Crippen molar-refractivity contribution < 1.29 is 18.4 Å². The normalized spacial score (nSPS) is 15.0. The predicted octanol–water partition coefficient (Wildman–Crippen LogP) is 4.03. The van der Waals surface area contributed by atoms with Gasteiger partial charge in [0.2, 0.25) is 17.7 Å². The third-order valence-electron chi connectivity index (χ3n) is 5.21. The second kappa shape index (κ2) is 8.99. The second-order valence-corrected chi connectivity index (χ2v) is 7.38. The van der Waals surface area contributed by atoms with Crippen LogP contribution in [0.2, 0.25) is 0 Å². The Kier molecular flexibility index (Phi) is 5.97. The van der Waals surface area contributed by atoms with Gasteiger partial charge in [0.05, 0.1) is 25.3 Å². The van der Waals surface area contributed by atoms with Crippen molar-refractivity contribution in [2.75, 3.05) is 6.54 Å². The van der Waals surface area contributed by atoms with E-state index < -0.39 is 0 Å². The molecule has 4 rings (SSSR count). The van der Waals surface area contributed by atoms with Crippen LogP contribution < -0.4 is 0 Å². The van der Waals surface area contributed by atoms with Gasteiger partial charge in [0.15, 0.2) is 5.76 Å². The molecule has 1 aliphatic heterocycles. The fourth-order valence-corrected chi connectivity index (χ4v) is 3.75. The largest absolute Gasteiger partial charge is 0.459 e. The maximum atomic E-state index is 13.3. The fraction of sp³-hybridized carbons (Fsp3) is 0.304. The van der Waals surface area contributed by atoms with Gasteiger partial charge >= 0.3 is 0 Å². The Morgan fingerprint density at radius 2 is 2.00 bits per heavy atom. The highest BCUT2D eigenvalue weighted by molar-refractivity contribution is 5.81. The number of carbonyl (C=O) groups excluding carboxylic acids is 2. The van der Waals surface area contributed by atoms with E-state index in [4.69, 9.17) is 8.83 Å². The molecule has 0 bridgehead atoms. The van der Waals surface area contributed by atoms with Crippen LogP contribution >= 0.6 is 0 Å². The Bertz CT molecular complexity index is 1090. The van der Waals surface area contributed by atoms with Gasteiger partial charge in [-0.1, -0.05) is 31.2 Å². The van der Waals surface area contributed by atoms with E-state index in [2.05, 4.69) is 10.2 Å². The van der Waals surface area contributed by atoms with Crippen LogP contribution in [0.25, 0.3) is 17.7 Å². The Morgan fingerprint density at radius 3 is 2.74 bits per heavy atom. The SMILES string of the molecule is CCCN(Cc1nnc(-c2ccco2)o1)C(=O)CC1c2ccccc2C=CN1C(C)=O. The molecule has 0 aliphatic carbocycles. The first-order valence-electron chi connectivity index (χ1n) is 10.3. The molecule has 2 amide bonds. The third-order valence-corrected chi connectivity index (χ3v) is 5.21. The molecule has 1 aliphatic rings. The number of carbonyl (C=O) groups is 2. The fourth-order valence-electron chi connectivity index (χ4n) is 3.75. The first-order valence-corrected chi connectivity index (χ1v) is 10.3. The van der Waals surface area contributed by atoms with E-state index in [1.54, 1.807) is 28.1 Å². The molecule has 0 spiro atoms. The summed E-state index contributed by atoms with van der Waals surface area (Å²) in [6.07, 6.45) is 6.13. The van der Waals surface area contributed by atoms with Crippen LogP contribution in [0.1, 0.15) is 49.7 Å². The third kappa shape index (κ3) is 4.42. The monoisotopic (exact) mass is 420 g/mol. The number of benzene rings is 1. The molecule has 0 fully saturated rings. The lowest BCUT2D eigenvalue weighted by Gasteiger charge is -2.33. The van der Waals surface area contributed by atoms with Crippen LogP contribution in [0.3, 0.4) is 0 Å². The summed E-state index contributed by atoms with van der Waals surface area (Å²) in [5, 5.41) is 8.06. The van der Waals surface area contributed by atoms with Gasteiger partial charge in [-0.05, 0) is 35.8 Å². The number of amides is 2. The van der Waals surface area contributed by atoms with Gasteiger partial charge in [0.25, 0.3) is 5.89 Å². The van der Waals surface area contributed by atoms with Crippen LogP contribution in [0.15, 0.2) is 57.7 Å². The maximum absolute atomic E-state index is 13.3. The predicted molar refractivity (Wildman–Crippen MR) is 113 cm³/mol. The first kappa shape index (κ1) is 20.6. The van der Waals surface area contributed by atoms with Gasteiger partial charge in [0, 0.05) is 19.7 Å². The zero-order chi connectivity index (χ0) is 21.8. The maximum Gasteiger partial charge on any atom is 0.283 e. The summed E-state index contributed by atoms with van der Waals surface area (Å²) in [5.41, 5.74) is 1.97. The van der Waals surface area contributed by atoms with E-state index in [0.717, 1.165) is 17.5 Å². The minimum absolute atomic E-state index is 0.0825.